The van der Waals surface area contributed by atoms with Gasteiger partial charge in [-0.15, -0.1) is 0 Å². The van der Waals surface area contributed by atoms with Crippen molar-refractivity contribution in [2.75, 3.05) is 6.61 Å². The largest absolute Gasteiger partial charge is 0.493 e. The zero-order chi connectivity index (χ0) is 15.0. The summed E-state index contributed by atoms with van der Waals surface area (Å²) < 4.78 is 45.0. The van der Waals surface area contributed by atoms with E-state index in [1.54, 1.807) is 24.3 Å². The molecule has 1 unspecified atom stereocenters. The number of fused-ring (bicyclic) bond motifs is 1. The van der Waals surface area contributed by atoms with Gasteiger partial charge in [0.1, 0.15) is 5.75 Å². The maximum Gasteiger partial charge on any atom is 0.194 e. The van der Waals surface area contributed by atoms with Gasteiger partial charge in [0.15, 0.2) is 23.2 Å². The lowest BCUT2D eigenvalue weighted by atomic mass is 9.86. The van der Waals surface area contributed by atoms with E-state index in [9.17, 15) is 18.0 Å². The standard InChI is InChI=1S/C16H11F3O2/c17-12-7-9(8-13(18)15(12)19)16(20)11-5-6-21-14-4-2-1-3-10(11)14/h1-4,7-8,11H,5-6H2. The highest BCUT2D eigenvalue weighted by atomic mass is 19.2. The zero-order valence-electron chi connectivity index (χ0n) is 10.9. The molecule has 3 rings (SSSR count). The van der Waals surface area contributed by atoms with E-state index in [0.717, 1.165) is 12.1 Å². The number of hydrogen-bond acceptors (Lipinski definition) is 2. The first-order valence-corrected chi connectivity index (χ1v) is 6.48. The molecule has 0 saturated carbocycles. The quantitative estimate of drug-likeness (QED) is 0.620. The van der Waals surface area contributed by atoms with Crippen LogP contribution in [0.15, 0.2) is 36.4 Å². The van der Waals surface area contributed by atoms with Gasteiger partial charge in [-0.25, -0.2) is 13.2 Å². The van der Waals surface area contributed by atoms with E-state index in [4.69, 9.17) is 4.74 Å². The van der Waals surface area contributed by atoms with Crippen molar-refractivity contribution in [3.63, 3.8) is 0 Å². The Morgan fingerprint density at radius 2 is 1.76 bits per heavy atom. The number of hydrogen-bond donors (Lipinski definition) is 0. The minimum Gasteiger partial charge on any atom is -0.493 e. The van der Waals surface area contributed by atoms with Gasteiger partial charge in [0, 0.05) is 11.1 Å². The zero-order valence-corrected chi connectivity index (χ0v) is 10.9. The van der Waals surface area contributed by atoms with Gasteiger partial charge in [-0.2, -0.15) is 0 Å². The van der Waals surface area contributed by atoms with Gasteiger partial charge in [0.05, 0.1) is 12.5 Å². The van der Waals surface area contributed by atoms with Crippen LogP contribution in [0.25, 0.3) is 0 Å². The van der Waals surface area contributed by atoms with Gasteiger partial charge < -0.3 is 4.74 Å². The first kappa shape index (κ1) is 13.7. The van der Waals surface area contributed by atoms with Crippen molar-refractivity contribution >= 4 is 5.78 Å². The Bertz CT molecular complexity index is 689. The molecule has 0 aromatic heterocycles. The van der Waals surface area contributed by atoms with Crippen molar-refractivity contribution in [1.29, 1.82) is 0 Å². The number of rotatable bonds is 2. The number of Topliss-reactive ketones (excluding diaryl/α,β-unsaturated/α-hetero) is 1. The number of ketones is 1. The lowest BCUT2D eigenvalue weighted by Gasteiger charge is -2.24. The van der Waals surface area contributed by atoms with Gasteiger partial charge >= 0.3 is 0 Å². The van der Waals surface area contributed by atoms with Crippen LogP contribution < -0.4 is 4.74 Å². The molecule has 0 amide bonds. The summed E-state index contributed by atoms with van der Waals surface area (Å²) in [5, 5.41) is 0. The molecular formula is C16H11F3O2. The first-order chi connectivity index (χ1) is 10.1. The number of ether oxygens (including phenoxy) is 1. The molecule has 1 atom stereocenters. The Labute approximate surface area is 119 Å². The number of carbonyl (C=O) groups excluding carboxylic acids is 1. The lowest BCUT2D eigenvalue weighted by Crippen LogP contribution is -2.21. The molecule has 2 nitrogen and oxygen atoms in total. The van der Waals surface area contributed by atoms with Crippen LogP contribution in [0.2, 0.25) is 0 Å². The first-order valence-electron chi connectivity index (χ1n) is 6.48. The molecule has 1 aliphatic rings. The molecule has 0 N–H and O–H groups in total. The number of benzene rings is 2. The third-order valence-corrected chi connectivity index (χ3v) is 3.54. The Kier molecular flexibility index (Phi) is 3.41. The molecular weight excluding hydrogens is 281 g/mol. The Balaban J connectivity index is 2.00. The lowest BCUT2D eigenvalue weighted by molar-refractivity contribution is 0.0932. The smallest absolute Gasteiger partial charge is 0.194 e. The molecule has 0 aliphatic carbocycles. The highest BCUT2D eigenvalue weighted by Gasteiger charge is 2.29. The second kappa shape index (κ2) is 5.24. The predicted octanol–water partition coefficient (Wildman–Crippen LogP) is 3.85. The van der Waals surface area contributed by atoms with E-state index in [2.05, 4.69) is 0 Å². The van der Waals surface area contributed by atoms with Gasteiger partial charge in [-0.05, 0) is 24.6 Å². The van der Waals surface area contributed by atoms with Crippen molar-refractivity contribution in [3.8, 4) is 5.75 Å². The molecule has 0 fully saturated rings. The van der Waals surface area contributed by atoms with E-state index < -0.39 is 29.2 Å². The summed E-state index contributed by atoms with van der Waals surface area (Å²) in [4.78, 5) is 12.5. The molecule has 1 heterocycles. The minimum absolute atomic E-state index is 0.173. The van der Waals surface area contributed by atoms with Crippen molar-refractivity contribution < 1.29 is 22.7 Å². The molecule has 5 heteroatoms. The summed E-state index contributed by atoms with van der Waals surface area (Å²) in [5.74, 6) is -4.69. The van der Waals surface area contributed by atoms with E-state index in [1.807, 2.05) is 0 Å². The normalized spacial score (nSPS) is 17.0. The van der Waals surface area contributed by atoms with E-state index in [-0.39, 0.29) is 5.56 Å². The topological polar surface area (TPSA) is 26.3 Å². The summed E-state index contributed by atoms with van der Waals surface area (Å²) in [6.45, 7) is 0.347. The predicted molar refractivity (Wildman–Crippen MR) is 69.9 cm³/mol. The second-order valence-electron chi connectivity index (χ2n) is 4.85. The van der Waals surface area contributed by atoms with Crippen LogP contribution in [0.3, 0.4) is 0 Å². The Morgan fingerprint density at radius 3 is 2.48 bits per heavy atom. The van der Waals surface area contributed by atoms with E-state index in [0.29, 0.717) is 24.3 Å². The van der Waals surface area contributed by atoms with Crippen LogP contribution in [-0.4, -0.2) is 12.4 Å². The van der Waals surface area contributed by atoms with Crippen molar-refractivity contribution in [2.24, 2.45) is 0 Å². The van der Waals surface area contributed by atoms with Crippen molar-refractivity contribution in [2.45, 2.75) is 12.3 Å². The third kappa shape index (κ3) is 2.39. The maximum absolute atomic E-state index is 13.3. The van der Waals surface area contributed by atoms with Crippen LogP contribution in [0, 0.1) is 17.5 Å². The fraction of sp³-hybridized carbons (Fsp3) is 0.188. The van der Waals surface area contributed by atoms with Crippen molar-refractivity contribution in [1.82, 2.24) is 0 Å². The molecule has 2 aromatic carbocycles. The molecule has 2 aromatic rings. The summed E-state index contributed by atoms with van der Waals surface area (Å²) >= 11 is 0. The van der Waals surface area contributed by atoms with Crippen LogP contribution in [-0.2, 0) is 0 Å². The summed E-state index contributed by atoms with van der Waals surface area (Å²) in [5.41, 5.74) is 0.506. The van der Waals surface area contributed by atoms with Gasteiger partial charge in [-0.1, -0.05) is 18.2 Å². The highest BCUT2D eigenvalue weighted by Crippen LogP contribution is 2.35. The number of para-hydroxylation sites is 1. The number of halogens is 3. The fourth-order valence-electron chi connectivity index (χ4n) is 2.51. The average molecular weight is 292 g/mol. The molecule has 1 aliphatic heterocycles. The molecule has 0 radical (unpaired) electrons. The van der Waals surface area contributed by atoms with Gasteiger partial charge in [-0.3, -0.25) is 4.79 Å². The molecule has 0 saturated heterocycles. The van der Waals surface area contributed by atoms with Crippen LogP contribution in [0.1, 0.15) is 28.3 Å². The maximum atomic E-state index is 13.3. The SMILES string of the molecule is O=C(c1cc(F)c(F)c(F)c1)C1CCOc2ccccc21. The van der Waals surface area contributed by atoms with Gasteiger partial charge in [0.2, 0.25) is 0 Å². The van der Waals surface area contributed by atoms with E-state index in [1.165, 1.54) is 0 Å². The average Bonchev–Trinajstić information content (AvgIpc) is 2.51. The number of carbonyl (C=O) groups is 1. The second-order valence-corrected chi connectivity index (χ2v) is 4.85. The molecule has 21 heavy (non-hydrogen) atoms. The van der Waals surface area contributed by atoms with Crippen LogP contribution >= 0.6 is 0 Å². The van der Waals surface area contributed by atoms with Crippen molar-refractivity contribution in [3.05, 3.63) is 65.0 Å². The van der Waals surface area contributed by atoms with E-state index >= 15 is 0 Å². The van der Waals surface area contributed by atoms with Crippen LogP contribution in [0.4, 0.5) is 13.2 Å². The highest BCUT2D eigenvalue weighted by molar-refractivity contribution is 6.01. The third-order valence-electron chi connectivity index (χ3n) is 3.54. The fourth-order valence-corrected chi connectivity index (χ4v) is 2.51. The summed E-state index contributed by atoms with van der Waals surface area (Å²) in [6, 6.07) is 8.49. The Morgan fingerprint density at radius 1 is 1.10 bits per heavy atom. The Hall–Kier alpha value is -2.30. The summed E-state index contributed by atoms with van der Waals surface area (Å²) in [6.07, 6.45) is 0.413. The molecule has 0 bridgehead atoms. The van der Waals surface area contributed by atoms with Crippen LogP contribution in [0.5, 0.6) is 5.75 Å². The minimum atomic E-state index is -1.57. The van der Waals surface area contributed by atoms with Gasteiger partial charge in [0.25, 0.3) is 0 Å². The summed E-state index contributed by atoms with van der Waals surface area (Å²) in [7, 11) is 0. The monoisotopic (exact) mass is 292 g/mol. The molecule has 0 spiro atoms. The molecule has 108 valence electrons.